The van der Waals surface area contributed by atoms with Crippen molar-refractivity contribution in [1.82, 2.24) is 0 Å². The van der Waals surface area contributed by atoms with Crippen molar-refractivity contribution in [3.8, 4) is 11.1 Å². The van der Waals surface area contributed by atoms with Crippen LogP contribution in [0.5, 0.6) is 0 Å². The number of aryl methyl sites for hydroxylation is 1. The van der Waals surface area contributed by atoms with Gasteiger partial charge in [0.15, 0.2) is 0 Å². The Labute approximate surface area is 106 Å². The van der Waals surface area contributed by atoms with Crippen LogP contribution in [0.3, 0.4) is 0 Å². The summed E-state index contributed by atoms with van der Waals surface area (Å²) in [7, 11) is 0. The average Bonchev–Trinajstić information content (AvgIpc) is 2.38. The molecule has 1 nitrogen and oxygen atoms in total. The fourth-order valence-electron chi connectivity index (χ4n) is 1.83. The van der Waals surface area contributed by atoms with Gasteiger partial charge in [-0.25, -0.2) is 0 Å². The van der Waals surface area contributed by atoms with Gasteiger partial charge in [0.1, 0.15) is 0 Å². The summed E-state index contributed by atoms with van der Waals surface area (Å²) in [6, 6.07) is 16.0. The largest absolute Gasteiger partial charge is 0.282 e. The summed E-state index contributed by atoms with van der Waals surface area (Å²) in [4.78, 5) is 11.6. The Hall–Kier alpha value is -1.54. The van der Waals surface area contributed by atoms with E-state index in [4.69, 9.17) is 0 Å². The molecule has 0 saturated carbocycles. The van der Waals surface area contributed by atoms with Crippen LogP contribution in [0.1, 0.15) is 15.9 Å². The van der Waals surface area contributed by atoms with Crippen LogP contribution in [0.25, 0.3) is 11.1 Å². The highest BCUT2D eigenvalue weighted by molar-refractivity contribution is 8.13. The van der Waals surface area contributed by atoms with Gasteiger partial charge in [0.05, 0.1) is 0 Å². The van der Waals surface area contributed by atoms with Gasteiger partial charge >= 0.3 is 0 Å². The summed E-state index contributed by atoms with van der Waals surface area (Å²) in [6.45, 7) is 2.08. The van der Waals surface area contributed by atoms with Gasteiger partial charge in [-0.05, 0) is 35.9 Å². The van der Waals surface area contributed by atoms with E-state index in [-0.39, 0.29) is 5.12 Å². The second kappa shape index (κ2) is 5.19. The van der Waals surface area contributed by atoms with Gasteiger partial charge in [0.25, 0.3) is 0 Å². The van der Waals surface area contributed by atoms with Gasteiger partial charge < -0.3 is 0 Å². The third kappa shape index (κ3) is 2.59. The van der Waals surface area contributed by atoms with E-state index in [1.54, 1.807) is 0 Å². The maximum absolute atomic E-state index is 11.6. The van der Waals surface area contributed by atoms with E-state index >= 15 is 0 Å². The smallest absolute Gasteiger partial charge is 0.219 e. The van der Waals surface area contributed by atoms with Crippen LogP contribution in [-0.4, -0.2) is 11.4 Å². The van der Waals surface area contributed by atoms with E-state index in [0.717, 1.165) is 11.1 Å². The van der Waals surface area contributed by atoms with Crippen LogP contribution < -0.4 is 0 Å². The molecule has 0 aliphatic rings. The summed E-state index contributed by atoms with van der Waals surface area (Å²) < 4.78 is 0. The molecule has 0 spiro atoms. The lowest BCUT2D eigenvalue weighted by Crippen LogP contribution is -1.92. The molecule has 0 N–H and O–H groups in total. The quantitative estimate of drug-likeness (QED) is 0.786. The fourth-order valence-corrected chi connectivity index (χ4v) is 2.19. The first kappa shape index (κ1) is 11.9. The van der Waals surface area contributed by atoms with Crippen LogP contribution in [0.4, 0.5) is 0 Å². The average molecular weight is 242 g/mol. The minimum absolute atomic E-state index is 0.112. The number of hydrogen-bond acceptors (Lipinski definition) is 2. The molecule has 0 fully saturated rings. The monoisotopic (exact) mass is 242 g/mol. The number of carbonyl (C=O) groups is 1. The molecule has 0 amide bonds. The van der Waals surface area contributed by atoms with Crippen molar-refractivity contribution >= 4 is 16.9 Å². The lowest BCUT2D eigenvalue weighted by molar-refractivity contribution is 0.108. The lowest BCUT2D eigenvalue weighted by Gasteiger charge is -2.07. The molecule has 2 heteroatoms. The van der Waals surface area contributed by atoms with Gasteiger partial charge in [-0.1, -0.05) is 54.2 Å². The standard InChI is InChI=1S/C15H14OS/c1-11-6-3-4-9-14(11)12-7-5-8-13(10-12)15(16)17-2/h3-10H,1-2H3. The number of carbonyl (C=O) groups excluding carboxylic acids is 1. The minimum Gasteiger partial charge on any atom is -0.282 e. The summed E-state index contributed by atoms with van der Waals surface area (Å²) in [6.07, 6.45) is 1.81. The summed E-state index contributed by atoms with van der Waals surface area (Å²) in [5, 5.41) is 0.112. The highest BCUT2D eigenvalue weighted by atomic mass is 32.2. The van der Waals surface area contributed by atoms with Crippen molar-refractivity contribution in [3.05, 3.63) is 59.7 Å². The summed E-state index contributed by atoms with van der Waals surface area (Å²) >= 11 is 1.25. The molecule has 86 valence electrons. The molecule has 0 aliphatic carbocycles. The normalized spacial score (nSPS) is 10.2. The van der Waals surface area contributed by atoms with Crippen LogP contribution in [0, 0.1) is 6.92 Å². The number of hydrogen-bond donors (Lipinski definition) is 0. The first-order chi connectivity index (χ1) is 8.22. The molecule has 0 saturated heterocycles. The van der Waals surface area contributed by atoms with Gasteiger partial charge in [0, 0.05) is 5.56 Å². The maximum atomic E-state index is 11.6. The summed E-state index contributed by atoms with van der Waals surface area (Å²) in [5.41, 5.74) is 4.27. The zero-order chi connectivity index (χ0) is 12.3. The van der Waals surface area contributed by atoms with Crippen molar-refractivity contribution in [2.45, 2.75) is 6.92 Å². The maximum Gasteiger partial charge on any atom is 0.219 e. The molecule has 17 heavy (non-hydrogen) atoms. The lowest BCUT2D eigenvalue weighted by atomic mass is 9.99. The predicted molar refractivity (Wildman–Crippen MR) is 74.5 cm³/mol. The first-order valence-corrected chi connectivity index (χ1v) is 6.69. The first-order valence-electron chi connectivity index (χ1n) is 5.47. The van der Waals surface area contributed by atoms with Gasteiger partial charge in [-0.2, -0.15) is 0 Å². The van der Waals surface area contributed by atoms with E-state index in [1.807, 2.05) is 42.7 Å². The fraction of sp³-hybridized carbons (Fsp3) is 0.133. The van der Waals surface area contributed by atoms with Crippen molar-refractivity contribution in [1.29, 1.82) is 0 Å². The van der Waals surface area contributed by atoms with Gasteiger partial charge in [0.2, 0.25) is 5.12 Å². The van der Waals surface area contributed by atoms with Crippen molar-refractivity contribution in [2.24, 2.45) is 0 Å². The Morgan fingerprint density at radius 2 is 1.82 bits per heavy atom. The molecular weight excluding hydrogens is 228 g/mol. The second-order valence-electron chi connectivity index (χ2n) is 3.89. The number of benzene rings is 2. The van der Waals surface area contributed by atoms with Crippen LogP contribution in [0.15, 0.2) is 48.5 Å². The van der Waals surface area contributed by atoms with E-state index in [1.165, 1.54) is 22.9 Å². The highest BCUT2D eigenvalue weighted by Gasteiger charge is 2.06. The molecule has 0 unspecified atom stereocenters. The SMILES string of the molecule is CSC(=O)c1cccc(-c2ccccc2C)c1. The molecule has 0 aliphatic heterocycles. The topological polar surface area (TPSA) is 17.1 Å². The molecule has 2 aromatic carbocycles. The zero-order valence-corrected chi connectivity index (χ0v) is 10.8. The number of rotatable bonds is 2. The third-order valence-electron chi connectivity index (χ3n) is 2.74. The van der Waals surface area contributed by atoms with E-state index < -0.39 is 0 Å². The molecule has 0 aromatic heterocycles. The highest BCUT2D eigenvalue weighted by Crippen LogP contribution is 2.24. The molecule has 2 aromatic rings. The molecule has 0 heterocycles. The Kier molecular flexibility index (Phi) is 3.64. The second-order valence-corrected chi connectivity index (χ2v) is 4.67. The molecule has 2 rings (SSSR count). The third-order valence-corrected chi connectivity index (χ3v) is 3.35. The molecule has 0 atom stereocenters. The van der Waals surface area contributed by atoms with Gasteiger partial charge in [-0.15, -0.1) is 0 Å². The minimum atomic E-state index is 0.112. The molecule has 0 radical (unpaired) electrons. The predicted octanol–water partition coefficient (Wildman–Crippen LogP) is 4.17. The van der Waals surface area contributed by atoms with E-state index in [0.29, 0.717) is 0 Å². The zero-order valence-electron chi connectivity index (χ0n) is 9.94. The molecule has 0 bridgehead atoms. The van der Waals surface area contributed by atoms with E-state index in [9.17, 15) is 4.79 Å². The number of thioether (sulfide) groups is 1. The Morgan fingerprint density at radius 1 is 1.06 bits per heavy atom. The van der Waals surface area contributed by atoms with Crippen LogP contribution in [-0.2, 0) is 0 Å². The Morgan fingerprint density at radius 3 is 2.53 bits per heavy atom. The van der Waals surface area contributed by atoms with Crippen LogP contribution in [0.2, 0.25) is 0 Å². The van der Waals surface area contributed by atoms with Crippen molar-refractivity contribution < 1.29 is 4.79 Å². The summed E-state index contributed by atoms with van der Waals surface area (Å²) in [5.74, 6) is 0. The van der Waals surface area contributed by atoms with Crippen molar-refractivity contribution in [3.63, 3.8) is 0 Å². The van der Waals surface area contributed by atoms with E-state index in [2.05, 4.69) is 19.1 Å². The van der Waals surface area contributed by atoms with Gasteiger partial charge in [-0.3, -0.25) is 4.79 Å². The van der Waals surface area contributed by atoms with Crippen LogP contribution >= 0.6 is 11.8 Å². The Balaban J connectivity index is 2.47. The van der Waals surface area contributed by atoms with Crippen molar-refractivity contribution in [2.75, 3.05) is 6.26 Å². The molecular formula is C15H14OS. The Bertz CT molecular complexity index is 546.